The monoisotopic (exact) mass is 415 g/mol. The number of amides is 1. The average molecular weight is 416 g/mol. The van der Waals surface area contributed by atoms with E-state index in [0.29, 0.717) is 21.3 Å². The van der Waals surface area contributed by atoms with Crippen LogP contribution in [0, 0.1) is 28.4 Å². The molecule has 132 valence electrons. The first-order valence-electron chi connectivity index (χ1n) is 7.37. The summed E-state index contributed by atoms with van der Waals surface area (Å²) >= 11 is 3.33. The summed E-state index contributed by atoms with van der Waals surface area (Å²) in [6.45, 7) is 1.71. The molecule has 2 rings (SSSR count). The molecule has 8 heteroatoms. The number of carbonyl (C=O) groups excluding carboxylic acids is 1. The molecule has 0 fully saturated rings. The number of nitrogens with zero attached hydrogens (tertiary/aromatic N) is 2. The van der Waals surface area contributed by atoms with E-state index in [1.807, 2.05) is 6.07 Å². The van der Waals surface area contributed by atoms with Crippen LogP contribution in [0.15, 0.2) is 46.4 Å². The first kappa shape index (κ1) is 19.1. The molecule has 0 atom stereocenters. The highest BCUT2D eigenvalue weighted by molar-refractivity contribution is 9.10. The predicted octanol–water partition coefficient (Wildman–Crippen LogP) is 4.22. The second-order valence-electron chi connectivity index (χ2n) is 5.30. The molecule has 2 aromatic rings. The Morgan fingerprint density at radius 1 is 1.35 bits per heavy atom. The van der Waals surface area contributed by atoms with Gasteiger partial charge in [-0.15, -0.1) is 0 Å². The van der Waals surface area contributed by atoms with Crippen molar-refractivity contribution in [3.8, 4) is 11.8 Å². The van der Waals surface area contributed by atoms with Crippen molar-refractivity contribution in [3.05, 3.63) is 67.7 Å². The van der Waals surface area contributed by atoms with Crippen LogP contribution >= 0.6 is 15.9 Å². The largest absolute Gasteiger partial charge is 0.496 e. The Kier molecular flexibility index (Phi) is 6.09. The van der Waals surface area contributed by atoms with E-state index in [1.54, 1.807) is 31.2 Å². The lowest BCUT2D eigenvalue weighted by atomic mass is 10.1. The zero-order valence-corrected chi connectivity index (χ0v) is 15.5. The number of nitro benzene ring substituents is 1. The van der Waals surface area contributed by atoms with Gasteiger partial charge < -0.3 is 10.1 Å². The standard InChI is InChI=1S/C18H14BrN3O4/c1-11-3-5-15(16(7-11)22(24)25)21-18(23)13(10-20)8-12-4-6-17(26-2)14(19)9-12/h3-9H,1-2H3,(H,21,23)/b13-8+. The Morgan fingerprint density at radius 3 is 2.65 bits per heavy atom. The maximum absolute atomic E-state index is 12.4. The Labute approximate surface area is 158 Å². The van der Waals surface area contributed by atoms with Crippen LogP contribution in [0.4, 0.5) is 11.4 Å². The van der Waals surface area contributed by atoms with Crippen LogP contribution < -0.4 is 10.1 Å². The van der Waals surface area contributed by atoms with Gasteiger partial charge in [-0.3, -0.25) is 14.9 Å². The SMILES string of the molecule is COc1ccc(/C=C(\C#N)C(=O)Nc2ccc(C)cc2[N+](=O)[O-])cc1Br. The molecule has 0 saturated heterocycles. The number of aryl methyl sites for hydroxylation is 1. The fourth-order valence-corrected chi connectivity index (χ4v) is 2.73. The number of methoxy groups -OCH3 is 1. The van der Waals surface area contributed by atoms with E-state index in [9.17, 15) is 20.2 Å². The highest BCUT2D eigenvalue weighted by atomic mass is 79.9. The maximum Gasteiger partial charge on any atom is 0.293 e. The summed E-state index contributed by atoms with van der Waals surface area (Å²) in [4.78, 5) is 22.9. The number of nitriles is 1. The van der Waals surface area contributed by atoms with Gasteiger partial charge >= 0.3 is 0 Å². The first-order chi connectivity index (χ1) is 12.3. The van der Waals surface area contributed by atoms with Crippen LogP contribution in [0.25, 0.3) is 6.08 Å². The molecule has 0 spiro atoms. The summed E-state index contributed by atoms with van der Waals surface area (Å²) in [5.74, 6) is -0.119. The van der Waals surface area contributed by atoms with Crippen molar-refractivity contribution in [1.82, 2.24) is 0 Å². The van der Waals surface area contributed by atoms with Gasteiger partial charge in [0.05, 0.1) is 16.5 Å². The van der Waals surface area contributed by atoms with Crippen LogP contribution in [0.1, 0.15) is 11.1 Å². The molecule has 0 saturated carbocycles. The number of hydrogen-bond donors (Lipinski definition) is 1. The summed E-state index contributed by atoms with van der Waals surface area (Å²) < 4.78 is 5.79. The average Bonchev–Trinajstić information content (AvgIpc) is 2.61. The van der Waals surface area contributed by atoms with Gasteiger partial charge in [-0.1, -0.05) is 12.1 Å². The third kappa shape index (κ3) is 4.46. The van der Waals surface area contributed by atoms with E-state index in [-0.39, 0.29) is 16.9 Å². The fraction of sp³-hybridized carbons (Fsp3) is 0.111. The highest BCUT2D eigenvalue weighted by Crippen LogP contribution is 2.28. The van der Waals surface area contributed by atoms with Crippen LogP contribution in [0.2, 0.25) is 0 Å². The second kappa shape index (κ2) is 8.27. The van der Waals surface area contributed by atoms with Crippen molar-refractivity contribution in [2.24, 2.45) is 0 Å². The van der Waals surface area contributed by atoms with Crippen molar-refractivity contribution in [2.45, 2.75) is 6.92 Å². The minimum atomic E-state index is -0.730. The lowest BCUT2D eigenvalue weighted by Gasteiger charge is -2.07. The molecular formula is C18H14BrN3O4. The molecule has 26 heavy (non-hydrogen) atoms. The Balaban J connectivity index is 2.31. The van der Waals surface area contributed by atoms with Gasteiger partial charge in [-0.25, -0.2) is 0 Å². The van der Waals surface area contributed by atoms with Crippen LogP contribution in [-0.4, -0.2) is 17.9 Å². The van der Waals surface area contributed by atoms with Gasteiger partial charge in [-0.05, 0) is 58.3 Å². The number of nitro groups is 1. The summed E-state index contributed by atoms with van der Waals surface area (Å²) in [6, 6.07) is 11.3. The van der Waals surface area contributed by atoms with Crippen molar-refractivity contribution >= 4 is 39.3 Å². The van der Waals surface area contributed by atoms with Gasteiger partial charge in [-0.2, -0.15) is 5.26 Å². The predicted molar refractivity (Wildman–Crippen MR) is 101 cm³/mol. The Bertz CT molecular complexity index is 948. The van der Waals surface area contributed by atoms with Crippen molar-refractivity contribution in [2.75, 3.05) is 12.4 Å². The smallest absolute Gasteiger partial charge is 0.293 e. The molecule has 0 aliphatic rings. The fourth-order valence-electron chi connectivity index (χ4n) is 2.18. The summed E-state index contributed by atoms with van der Waals surface area (Å²) in [5.41, 5.74) is 0.902. The zero-order chi connectivity index (χ0) is 19.3. The normalized spacial score (nSPS) is 10.8. The number of ether oxygens (including phenoxy) is 1. The van der Waals surface area contributed by atoms with Gasteiger partial charge in [0.2, 0.25) is 0 Å². The van der Waals surface area contributed by atoms with Crippen molar-refractivity contribution in [3.63, 3.8) is 0 Å². The topological polar surface area (TPSA) is 105 Å². The van der Waals surface area contributed by atoms with E-state index < -0.39 is 10.8 Å². The molecule has 0 aromatic heterocycles. The number of halogens is 1. The van der Waals surface area contributed by atoms with Crippen LogP contribution in [0.3, 0.4) is 0 Å². The molecule has 0 radical (unpaired) electrons. The number of rotatable bonds is 5. The molecule has 0 aliphatic heterocycles. The van der Waals surface area contributed by atoms with Gasteiger partial charge in [0.1, 0.15) is 23.1 Å². The Hall–Kier alpha value is -3.18. The number of hydrogen-bond acceptors (Lipinski definition) is 5. The van der Waals surface area contributed by atoms with Crippen molar-refractivity contribution in [1.29, 1.82) is 5.26 Å². The number of nitrogens with one attached hydrogen (secondary N) is 1. The van der Waals surface area contributed by atoms with Crippen molar-refractivity contribution < 1.29 is 14.5 Å². The number of carbonyl (C=O) groups is 1. The molecule has 0 heterocycles. The summed E-state index contributed by atoms with van der Waals surface area (Å²) in [7, 11) is 1.53. The minimum Gasteiger partial charge on any atom is -0.496 e. The molecule has 2 aromatic carbocycles. The lowest BCUT2D eigenvalue weighted by molar-refractivity contribution is -0.384. The second-order valence-corrected chi connectivity index (χ2v) is 6.15. The third-order valence-electron chi connectivity index (χ3n) is 3.45. The van der Waals surface area contributed by atoms with E-state index >= 15 is 0 Å². The summed E-state index contributed by atoms with van der Waals surface area (Å²) in [6.07, 6.45) is 1.39. The van der Waals surface area contributed by atoms with E-state index in [0.717, 1.165) is 0 Å². The maximum atomic E-state index is 12.4. The molecule has 0 unspecified atom stereocenters. The molecule has 1 amide bonds. The zero-order valence-electron chi connectivity index (χ0n) is 13.9. The molecule has 0 bridgehead atoms. The molecule has 1 N–H and O–H groups in total. The van der Waals surface area contributed by atoms with Gasteiger partial charge in [0.15, 0.2) is 0 Å². The van der Waals surface area contributed by atoms with E-state index in [4.69, 9.17) is 4.74 Å². The van der Waals surface area contributed by atoms with Crippen LogP contribution in [0.5, 0.6) is 5.75 Å². The Morgan fingerprint density at radius 2 is 2.08 bits per heavy atom. The van der Waals surface area contributed by atoms with E-state index in [2.05, 4.69) is 21.2 Å². The quantitative estimate of drug-likeness (QED) is 0.340. The number of anilines is 1. The summed E-state index contributed by atoms with van der Waals surface area (Å²) in [5, 5.41) is 22.8. The highest BCUT2D eigenvalue weighted by Gasteiger charge is 2.18. The lowest BCUT2D eigenvalue weighted by Crippen LogP contribution is -2.14. The molecular weight excluding hydrogens is 402 g/mol. The number of benzene rings is 2. The first-order valence-corrected chi connectivity index (χ1v) is 8.16. The molecule has 7 nitrogen and oxygen atoms in total. The van der Waals surface area contributed by atoms with E-state index in [1.165, 1.54) is 25.3 Å². The van der Waals surface area contributed by atoms with Gasteiger partial charge in [0, 0.05) is 6.07 Å². The van der Waals surface area contributed by atoms with Gasteiger partial charge in [0.25, 0.3) is 11.6 Å². The third-order valence-corrected chi connectivity index (χ3v) is 4.07. The minimum absolute atomic E-state index is 0.0302. The molecule has 0 aliphatic carbocycles. The van der Waals surface area contributed by atoms with Crippen LogP contribution in [-0.2, 0) is 4.79 Å².